The number of hydrogen-bond donors (Lipinski definition) is 1. The molecule has 80 valence electrons. The van der Waals surface area contributed by atoms with Gasteiger partial charge in [0.15, 0.2) is 0 Å². The SMILES string of the molecule is CCc1cc(NC(CC)CC)n(C)n1. The lowest BCUT2D eigenvalue weighted by atomic mass is 10.2. The van der Waals surface area contributed by atoms with Crippen LogP contribution < -0.4 is 5.32 Å². The average molecular weight is 195 g/mol. The van der Waals surface area contributed by atoms with Crippen LogP contribution in [0.5, 0.6) is 0 Å². The Morgan fingerprint density at radius 3 is 2.43 bits per heavy atom. The summed E-state index contributed by atoms with van der Waals surface area (Å²) in [6.07, 6.45) is 3.31. The van der Waals surface area contributed by atoms with Gasteiger partial charge >= 0.3 is 0 Å². The van der Waals surface area contributed by atoms with Crippen LogP contribution in [0.3, 0.4) is 0 Å². The van der Waals surface area contributed by atoms with Crippen molar-refractivity contribution in [3.05, 3.63) is 11.8 Å². The highest BCUT2D eigenvalue weighted by Gasteiger charge is 2.07. The molecule has 0 fully saturated rings. The Labute approximate surface area is 86.5 Å². The van der Waals surface area contributed by atoms with Crippen LogP contribution in [0.25, 0.3) is 0 Å². The van der Waals surface area contributed by atoms with Crippen molar-refractivity contribution in [2.75, 3.05) is 5.32 Å². The zero-order chi connectivity index (χ0) is 10.6. The summed E-state index contributed by atoms with van der Waals surface area (Å²) in [6.45, 7) is 6.54. The fraction of sp³-hybridized carbons (Fsp3) is 0.727. The first-order valence-corrected chi connectivity index (χ1v) is 5.50. The maximum atomic E-state index is 4.40. The summed E-state index contributed by atoms with van der Waals surface area (Å²) < 4.78 is 1.93. The fourth-order valence-corrected chi connectivity index (χ4v) is 1.54. The Balaban J connectivity index is 2.69. The maximum absolute atomic E-state index is 4.40. The molecule has 1 rings (SSSR count). The molecule has 0 aliphatic heterocycles. The summed E-state index contributed by atoms with van der Waals surface area (Å²) in [7, 11) is 1.99. The standard InChI is InChI=1S/C11H21N3/c1-5-9(6-2)12-11-8-10(7-3)13-14(11)4/h8-9,12H,5-7H2,1-4H3. The molecule has 1 heterocycles. The summed E-state index contributed by atoms with van der Waals surface area (Å²) in [5, 5.41) is 7.91. The van der Waals surface area contributed by atoms with E-state index in [2.05, 4.69) is 37.3 Å². The van der Waals surface area contributed by atoms with Gasteiger partial charge in [0.2, 0.25) is 0 Å². The lowest BCUT2D eigenvalue weighted by Crippen LogP contribution is -2.18. The highest BCUT2D eigenvalue weighted by molar-refractivity contribution is 5.38. The van der Waals surface area contributed by atoms with Crippen molar-refractivity contribution in [1.29, 1.82) is 0 Å². The Bertz CT molecular complexity index is 274. The third kappa shape index (κ3) is 2.50. The first kappa shape index (κ1) is 11.1. The molecule has 0 radical (unpaired) electrons. The number of aromatic nitrogens is 2. The topological polar surface area (TPSA) is 29.9 Å². The number of aryl methyl sites for hydroxylation is 2. The Morgan fingerprint density at radius 2 is 2.00 bits per heavy atom. The lowest BCUT2D eigenvalue weighted by molar-refractivity contribution is 0.652. The quantitative estimate of drug-likeness (QED) is 0.782. The van der Waals surface area contributed by atoms with Crippen LogP contribution in [0, 0.1) is 0 Å². The molecule has 0 bridgehead atoms. The van der Waals surface area contributed by atoms with E-state index in [1.165, 1.54) is 0 Å². The molecular formula is C11H21N3. The van der Waals surface area contributed by atoms with E-state index in [0.29, 0.717) is 6.04 Å². The molecule has 3 heteroatoms. The van der Waals surface area contributed by atoms with E-state index in [9.17, 15) is 0 Å². The molecule has 0 spiro atoms. The van der Waals surface area contributed by atoms with Crippen molar-refractivity contribution in [2.45, 2.75) is 46.1 Å². The van der Waals surface area contributed by atoms with Gasteiger partial charge in [-0.1, -0.05) is 20.8 Å². The minimum atomic E-state index is 0.565. The van der Waals surface area contributed by atoms with E-state index in [1.54, 1.807) is 0 Å². The third-order valence-corrected chi connectivity index (χ3v) is 2.63. The summed E-state index contributed by atoms with van der Waals surface area (Å²) in [6, 6.07) is 2.70. The number of nitrogens with one attached hydrogen (secondary N) is 1. The van der Waals surface area contributed by atoms with Gasteiger partial charge in [-0.25, -0.2) is 0 Å². The van der Waals surface area contributed by atoms with E-state index in [-0.39, 0.29) is 0 Å². The predicted octanol–water partition coefficient (Wildman–Crippen LogP) is 2.58. The lowest BCUT2D eigenvalue weighted by Gasteiger charge is -2.15. The summed E-state index contributed by atoms with van der Waals surface area (Å²) in [5.41, 5.74) is 1.15. The zero-order valence-corrected chi connectivity index (χ0v) is 9.67. The molecule has 0 unspecified atom stereocenters. The van der Waals surface area contributed by atoms with Crippen molar-refractivity contribution >= 4 is 5.82 Å². The monoisotopic (exact) mass is 195 g/mol. The number of anilines is 1. The Morgan fingerprint density at radius 1 is 1.36 bits per heavy atom. The highest BCUT2D eigenvalue weighted by Crippen LogP contribution is 2.13. The molecule has 1 N–H and O–H groups in total. The first-order valence-electron chi connectivity index (χ1n) is 5.50. The van der Waals surface area contributed by atoms with Gasteiger partial charge in [-0.05, 0) is 19.3 Å². The van der Waals surface area contributed by atoms with Crippen LogP contribution in [-0.4, -0.2) is 15.8 Å². The van der Waals surface area contributed by atoms with Crippen LogP contribution in [0.15, 0.2) is 6.07 Å². The fourth-order valence-electron chi connectivity index (χ4n) is 1.54. The molecule has 14 heavy (non-hydrogen) atoms. The minimum absolute atomic E-state index is 0.565. The van der Waals surface area contributed by atoms with E-state index in [0.717, 1.165) is 30.8 Å². The molecule has 3 nitrogen and oxygen atoms in total. The number of hydrogen-bond acceptors (Lipinski definition) is 2. The number of nitrogens with zero attached hydrogens (tertiary/aromatic N) is 2. The van der Waals surface area contributed by atoms with Gasteiger partial charge in [0, 0.05) is 19.2 Å². The van der Waals surface area contributed by atoms with Crippen molar-refractivity contribution in [3.8, 4) is 0 Å². The normalized spacial score (nSPS) is 10.9. The first-order chi connectivity index (χ1) is 6.71. The van der Waals surface area contributed by atoms with Gasteiger partial charge in [-0.2, -0.15) is 5.10 Å². The molecule has 0 aliphatic carbocycles. The van der Waals surface area contributed by atoms with Crippen LogP contribution in [0.1, 0.15) is 39.3 Å². The summed E-state index contributed by atoms with van der Waals surface area (Å²) >= 11 is 0. The Hall–Kier alpha value is -0.990. The van der Waals surface area contributed by atoms with Crippen molar-refractivity contribution in [2.24, 2.45) is 7.05 Å². The molecule has 1 aromatic rings. The second-order valence-electron chi connectivity index (χ2n) is 3.66. The van der Waals surface area contributed by atoms with E-state index >= 15 is 0 Å². The summed E-state index contributed by atoms with van der Waals surface area (Å²) in [5.74, 6) is 1.13. The number of rotatable bonds is 5. The second kappa shape index (κ2) is 5.03. The van der Waals surface area contributed by atoms with Crippen molar-refractivity contribution in [3.63, 3.8) is 0 Å². The van der Waals surface area contributed by atoms with E-state index < -0.39 is 0 Å². The molecule has 0 atom stereocenters. The van der Waals surface area contributed by atoms with Gasteiger partial charge in [0.05, 0.1) is 5.69 Å². The van der Waals surface area contributed by atoms with Gasteiger partial charge < -0.3 is 5.32 Å². The predicted molar refractivity (Wildman–Crippen MR) is 60.6 cm³/mol. The van der Waals surface area contributed by atoms with Crippen LogP contribution in [0.2, 0.25) is 0 Å². The van der Waals surface area contributed by atoms with Crippen LogP contribution in [0.4, 0.5) is 5.82 Å². The van der Waals surface area contributed by atoms with Crippen LogP contribution in [-0.2, 0) is 13.5 Å². The van der Waals surface area contributed by atoms with E-state index in [1.807, 2.05) is 11.7 Å². The van der Waals surface area contributed by atoms with E-state index in [4.69, 9.17) is 0 Å². The summed E-state index contributed by atoms with van der Waals surface area (Å²) in [4.78, 5) is 0. The molecule has 0 saturated carbocycles. The van der Waals surface area contributed by atoms with Gasteiger partial charge in [0.25, 0.3) is 0 Å². The second-order valence-corrected chi connectivity index (χ2v) is 3.66. The molecule has 0 amide bonds. The van der Waals surface area contributed by atoms with Gasteiger partial charge in [0.1, 0.15) is 5.82 Å². The molecular weight excluding hydrogens is 174 g/mol. The van der Waals surface area contributed by atoms with Crippen molar-refractivity contribution in [1.82, 2.24) is 9.78 Å². The molecule has 1 aromatic heterocycles. The highest BCUT2D eigenvalue weighted by atomic mass is 15.3. The van der Waals surface area contributed by atoms with Gasteiger partial charge in [-0.15, -0.1) is 0 Å². The smallest absolute Gasteiger partial charge is 0.124 e. The van der Waals surface area contributed by atoms with Crippen LogP contribution >= 0.6 is 0 Å². The average Bonchev–Trinajstić information content (AvgIpc) is 2.56. The Kier molecular flexibility index (Phi) is 3.98. The third-order valence-electron chi connectivity index (χ3n) is 2.63. The maximum Gasteiger partial charge on any atom is 0.124 e. The van der Waals surface area contributed by atoms with Gasteiger partial charge in [-0.3, -0.25) is 4.68 Å². The van der Waals surface area contributed by atoms with Crippen molar-refractivity contribution < 1.29 is 0 Å². The largest absolute Gasteiger partial charge is 0.368 e. The minimum Gasteiger partial charge on any atom is -0.368 e. The molecule has 0 aliphatic rings. The molecule has 0 saturated heterocycles. The molecule has 0 aromatic carbocycles. The zero-order valence-electron chi connectivity index (χ0n) is 9.67.